The lowest BCUT2D eigenvalue weighted by Crippen LogP contribution is -2.29. The molecule has 0 radical (unpaired) electrons. The highest BCUT2D eigenvalue weighted by molar-refractivity contribution is 7.80. The largest absolute Gasteiger partial charge is 0.459 e. The van der Waals surface area contributed by atoms with Gasteiger partial charge in [-0.2, -0.15) is 0 Å². The maximum Gasteiger partial charge on any atom is 0.170 e. The molecular formula is C25H21ClN4OS. The molecule has 160 valence electrons. The average Bonchev–Trinajstić information content (AvgIpc) is 3.42. The van der Waals surface area contributed by atoms with Crippen molar-refractivity contribution in [1.82, 2.24) is 20.2 Å². The van der Waals surface area contributed by atoms with Gasteiger partial charge in [-0.25, -0.2) is 0 Å². The fraction of sp³-hybridized carbons (Fsp3) is 0.160. The monoisotopic (exact) mass is 460 g/mol. The standard InChI is InChI=1S/C25H21ClN4OS/c1-16-7-8-18(26)13-19(16)21-9-10-22(31-21)24-23(20-6-2-3-12-28-20)29-25(32)30(24)15-17-5-4-11-27-14-17/h2-14,23-24H,15H2,1H3,(H,29,32)/t23-,24+/m1/s1. The Balaban J connectivity index is 1.56. The first-order valence-corrected chi connectivity index (χ1v) is 11.1. The summed E-state index contributed by atoms with van der Waals surface area (Å²) in [5, 5.41) is 4.79. The van der Waals surface area contributed by atoms with Crippen molar-refractivity contribution in [2.45, 2.75) is 25.6 Å². The number of hydrogen-bond acceptors (Lipinski definition) is 4. The molecule has 32 heavy (non-hydrogen) atoms. The smallest absolute Gasteiger partial charge is 0.170 e. The Labute approximate surface area is 197 Å². The minimum absolute atomic E-state index is 0.139. The fourth-order valence-electron chi connectivity index (χ4n) is 4.09. The average molecular weight is 461 g/mol. The molecule has 1 aromatic carbocycles. The predicted molar refractivity (Wildman–Crippen MR) is 129 cm³/mol. The van der Waals surface area contributed by atoms with Crippen LogP contribution in [0.5, 0.6) is 0 Å². The fourth-order valence-corrected chi connectivity index (χ4v) is 4.57. The third-order valence-corrected chi connectivity index (χ3v) is 6.24. The van der Waals surface area contributed by atoms with E-state index in [1.54, 1.807) is 12.4 Å². The first kappa shape index (κ1) is 20.7. The number of halogens is 1. The number of rotatable bonds is 5. The van der Waals surface area contributed by atoms with E-state index in [0.717, 1.165) is 33.9 Å². The van der Waals surface area contributed by atoms with E-state index in [4.69, 9.17) is 28.2 Å². The topological polar surface area (TPSA) is 54.2 Å². The highest BCUT2D eigenvalue weighted by Gasteiger charge is 2.41. The molecule has 4 aromatic rings. The van der Waals surface area contributed by atoms with Crippen molar-refractivity contribution in [1.29, 1.82) is 0 Å². The summed E-state index contributed by atoms with van der Waals surface area (Å²) in [6, 6.07) is 19.4. The second-order valence-corrected chi connectivity index (χ2v) is 8.60. The van der Waals surface area contributed by atoms with E-state index in [0.29, 0.717) is 16.7 Å². The van der Waals surface area contributed by atoms with Crippen LogP contribution in [0.1, 0.15) is 34.7 Å². The lowest BCUT2D eigenvalue weighted by molar-refractivity contribution is 0.269. The SMILES string of the molecule is Cc1ccc(Cl)cc1-c1ccc([C@H]2[C@@H](c3ccccn3)NC(=S)N2Cc2cccnc2)o1. The Morgan fingerprint density at radius 1 is 1.09 bits per heavy atom. The van der Waals surface area contributed by atoms with Crippen LogP contribution in [0.2, 0.25) is 5.02 Å². The van der Waals surface area contributed by atoms with Crippen LogP contribution in [0.15, 0.2) is 83.7 Å². The van der Waals surface area contributed by atoms with E-state index in [1.165, 1.54) is 0 Å². The summed E-state index contributed by atoms with van der Waals surface area (Å²) in [7, 11) is 0. The van der Waals surface area contributed by atoms with Crippen LogP contribution < -0.4 is 5.32 Å². The number of thiocarbonyl (C=S) groups is 1. The van der Waals surface area contributed by atoms with Gasteiger partial charge >= 0.3 is 0 Å². The zero-order chi connectivity index (χ0) is 22.1. The molecule has 0 aliphatic carbocycles. The maximum absolute atomic E-state index is 6.41. The number of pyridine rings is 2. The molecule has 3 aromatic heterocycles. The number of furan rings is 1. The molecule has 0 bridgehead atoms. The molecule has 5 rings (SSSR count). The van der Waals surface area contributed by atoms with Crippen LogP contribution in [-0.2, 0) is 6.54 Å². The number of aromatic nitrogens is 2. The summed E-state index contributed by atoms with van der Waals surface area (Å²) in [6.07, 6.45) is 5.42. The minimum atomic E-state index is -0.161. The zero-order valence-corrected chi connectivity index (χ0v) is 19.0. The van der Waals surface area contributed by atoms with E-state index in [-0.39, 0.29) is 12.1 Å². The molecular weight excluding hydrogens is 440 g/mol. The van der Waals surface area contributed by atoms with Gasteiger partial charge in [-0.05, 0) is 72.7 Å². The molecule has 1 saturated heterocycles. The molecule has 1 N–H and O–H groups in total. The number of nitrogens with zero attached hydrogens (tertiary/aromatic N) is 3. The molecule has 4 heterocycles. The second kappa shape index (κ2) is 8.73. The molecule has 1 aliphatic rings. The summed E-state index contributed by atoms with van der Waals surface area (Å²) < 4.78 is 6.41. The predicted octanol–water partition coefficient (Wildman–Crippen LogP) is 5.87. The number of nitrogens with one attached hydrogen (secondary N) is 1. The van der Waals surface area contributed by atoms with E-state index in [9.17, 15) is 0 Å². The van der Waals surface area contributed by atoms with Crippen molar-refractivity contribution >= 4 is 28.9 Å². The highest BCUT2D eigenvalue weighted by atomic mass is 35.5. The Kier molecular flexibility index (Phi) is 5.64. The van der Waals surface area contributed by atoms with Crippen LogP contribution in [0.3, 0.4) is 0 Å². The Hall–Kier alpha value is -3.22. The van der Waals surface area contributed by atoms with Gasteiger partial charge in [-0.3, -0.25) is 9.97 Å². The van der Waals surface area contributed by atoms with Crippen LogP contribution in [-0.4, -0.2) is 20.0 Å². The lowest BCUT2D eigenvalue weighted by atomic mass is 10.0. The Morgan fingerprint density at radius 3 is 2.78 bits per heavy atom. The van der Waals surface area contributed by atoms with Gasteiger partial charge in [-0.1, -0.05) is 29.8 Å². The summed E-state index contributed by atoms with van der Waals surface area (Å²) in [5.74, 6) is 1.59. The molecule has 7 heteroatoms. The maximum atomic E-state index is 6.41. The Bertz CT molecular complexity index is 1250. The van der Waals surface area contributed by atoms with Gasteiger partial charge < -0.3 is 14.6 Å². The van der Waals surface area contributed by atoms with Gasteiger partial charge in [0.2, 0.25) is 0 Å². The molecule has 0 unspecified atom stereocenters. The molecule has 0 amide bonds. The van der Waals surface area contributed by atoms with Gasteiger partial charge in [0.25, 0.3) is 0 Å². The first-order valence-electron chi connectivity index (χ1n) is 10.3. The molecule has 1 fully saturated rings. The molecule has 2 atom stereocenters. The van der Waals surface area contributed by atoms with Crippen molar-refractivity contribution in [2.24, 2.45) is 0 Å². The number of benzene rings is 1. The summed E-state index contributed by atoms with van der Waals surface area (Å²) in [4.78, 5) is 11.0. The van der Waals surface area contributed by atoms with Crippen molar-refractivity contribution < 1.29 is 4.42 Å². The van der Waals surface area contributed by atoms with E-state index in [2.05, 4.69) is 20.2 Å². The van der Waals surface area contributed by atoms with Crippen molar-refractivity contribution in [3.8, 4) is 11.3 Å². The lowest BCUT2D eigenvalue weighted by Gasteiger charge is -2.26. The van der Waals surface area contributed by atoms with Crippen LogP contribution in [0, 0.1) is 6.92 Å². The van der Waals surface area contributed by atoms with Gasteiger partial charge in [0, 0.05) is 35.7 Å². The van der Waals surface area contributed by atoms with Gasteiger partial charge in [0.05, 0.1) is 11.7 Å². The van der Waals surface area contributed by atoms with E-state index < -0.39 is 0 Å². The van der Waals surface area contributed by atoms with Crippen molar-refractivity contribution in [3.63, 3.8) is 0 Å². The minimum Gasteiger partial charge on any atom is -0.459 e. The number of hydrogen-bond donors (Lipinski definition) is 1. The third kappa shape index (κ3) is 3.99. The van der Waals surface area contributed by atoms with E-state index in [1.807, 2.05) is 73.8 Å². The Morgan fingerprint density at radius 2 is 2.00 bits per heavy atom. The van der Waals surface area contributed by atoms with Crippen LogP contribution in [0.25, 0.3) is 11.3 Å². The molecule has 5 nitrogen and oxygen atoms in total. The summed E-state index contributed by atoms with van der Waals surface area (Å²) in [6.45, 7) is 2.66. The van der Waals surface area contributed by atoms with E-state index >= 15 is 0 Å². The highest BCUT2D eigenvalue weighted by Crippen LogP contribution is 2.41. The second-order valence-electron chi connectivity index (χ2n) is 7.78. The van der Waals surface area contributed by atoms with Crippen molar-refractivity contribution in [2.75, 3.05) is 0 Å². The van der Waals surface area contributed by atoms with Crippen LogP contribution >= 0.6 is 23.8 Å². The normalized spacial score (nSPS) is 18.1. The molecule has 0 spiro atoms. The summed E-state index contributed by atoms with van der Waals surface area (Å²) >= 11 is 12.0. The number of aryl methyl sites for hydroxylation is 1. The van der Waals surface area contributed by atoms with Gasteiger partial charge in [0.15, 0.2) is 5.11 Å². The zero-order valence-electron chi connectivity index (χ0n) is 17.4. The van der Waals surface area contributed by atoms with Gasteiger partial charge in [0.1, 0.15) is 17.6 Å². The summed E-state index contributed by atoms with van der Waals surface area (Å²) in [5.41, 5.74) is 4.06. The quantitative estimate of drug-likeness (QED) is 0.376. The van der Waals surface area contributed by atoms with Gasteiger partial charge in [-0.15, -0.1) is 0 Å². The van der Waals surface area contributed by atoms with Crippen LogP contribution in [0.4, 0.5) is 0 Å². The molecule has 0 saturated carbocycles. The third-order valence-electron chi connectivity index (χ3n) is 5.66. The first-order chi connectivity index (χ1) is 15.6. The molecule has 1 aliphatic heterocycles. The van der Waals surface area contributed by atoms with Crippen molar-refractivity contribution in [3.05, 3.63) is 107 Å².